The second-order valence-corrected chi connectivity index (χ2v) is 30.8. The van der Waals surface area contributed by atoms with Crippen LogP contribution in [0, 0.1) is 17.8 Å². The lowest BCUT2D eigenvalue weighted by Gasteiger charge is -2.21. The van der Waals surface area contributed by atoms with Gasteiger partial charge in [-0.15, -0.1) is 0 Å². The van der Waals surface area contributed by atoms with Crippen molar-refractivity contribution in [3.63, 3.8) is 0 Å². The van der Waals surface area contributed by atoms with E-state index in [9.17, 15) is 43.2 Å². The summed E-state index contributed by atoms with van der Waals surface area (Å²) < 4.78 is 68.4. The molecule has 552 valence electrons. The molecule has 0 aromatic heterocycles. The van der Waals surface area contributed by atoms with Crippen LogP contribution in [0.4, 0.5) is 0 Å². The van der Waals surface area contributed by atoms with Crippen molar-refractivity contribution in [1.82, 2.24) is 0 Å². The lowest BCUT2D eigenvalue weighted by atomic mass is 9.99. The fourth-order valence-corrected chi connectivity index (χ4v) is 12.8. The van der Waals surface area contributed by atoms with Gasteiger partial charge in [0.15, 0.2) is 12.2 Å². The number of aliphatic hydroxyl groups is 1. The summed E-state index contributed by atoms with van der Waals surface area (Å²) in [4.78, 5) is 72.7. The molecule has 0 aromatic rings. The first-order chi connectivity index (χ1) is 44.8. The normalized spacial score (nSPS) is 14.4. The van der Waals surface area contributed by atoms with Gasteiger partial charge in [0.1, 0.15) is 19.3 Å². The quantitative estimate of drug-likeness (QED) is 0.0222. The summed E-state index contributed by atoms with van der Waals surface area (Å²) in [5, 5.41) is 10.6. The number of phosphoric acid groups is 2. The first-order valence-corrected chi connectivity index (χ1v) is 41.4. The third-order valence-electron chi connectivity index (χ3n) is 17.5. The van der Waals surface area contributed by atoms with Crippen molar-refractivity contribution in [3.8, 4) is 0 Å². The predicted molar refractivity (Wildman–Crippen MR) is 377 cm³/mol. The van der Waals surface area contributed by atoms with Crippen molar-refractivity contribution in [1.29, 1.82) is 0 Å². The smallest absolute Gasteiger partial charge is 0.462 e. The minimum absolute atomic E-state index is 0.105. The summed E-state index contributed by atoms with van der Waals surface area (Å²) in [5.74, 6) is 0.221. The molecule has 0 aromatic carbocycles. The molecule has 0 rings (SSSR count). The van der Waals surface area contributed by atoms with Gasteiger partial charge in [0.25, 0.3) is 0 Å². The van der Waals surface area contributed by atoms with Crippen LogP contribution >= 0.6 is 15.6 Å². The van der Waals surface area contributed by atoms with Crippen LogP contribution in [0.25, 0.3) is 0 Å². The van der Waals surface area contributed by atoms with Crippen LogP contribution in [0.15, 0.2) is 0 Å². The molecule has 93 heavy (non-hydrogen) atoms. The summed E-state index contributed by atoms with van der Waals surface area (Å²) in [6.07, 6.45) is 49.9. The number of esters is 4. The van der Waals surface area contributed by atoms with Crippen LogP contribution in [0.3, 0.4) is 0 Å². The second kappa shape index (κ2) is 64.7. The maximum Gasteiger partial charge on any atom is 0.472 e. The van der Waals surface area contributed by atoms with Crippen LogP contribution in [-0.2, 0) is 65.4 Å². The standard InChI is InChI=1S/C74H144O17P2/c1-8-10-11-12-13-24-34-41-48-55-71(76)84-61-70(91-74(79)58-51-44-37-30-29-33-40-47-54-67(7)9-2)64-89-93(82,83)87-60-68(75)59-86-92(80,81)88-63-69(62-85-72(77)56-49-42-35-27-23-19-21-26-32-39-46-53-66(5)6)90-73(78)57-50-43-36-28-22-18-16-14-15-17-20-25-31-38-45-52-65(3)4/h65-70,75H,8-64H2,1-7H3,(H,80,81)(H,82,83)/t67?,68-,69-,70-/m1/s1. The van der Waals surface area contributed by atoms with E-state index in [-0.39, 0.29) is 25.7 Å². The highest BCUT2D eigenvalue weighted by atomic mass is 31.2. The Morgan fingerprint density at radius 3 is 0.817 bits per heavy atom. The molecule has 0 amide bonds. The Kier molecular flexibility index (Phi) is 63.4. The summed E-state index contributed by atoms with van der Waals surface area (Å²) in [6.45, 7) is 11.9. The highest BCUT2D eigenvalue weighted by Crippen LogP contribution is 2.45. The van der Waals surface area contributed by atoms with Crippen molar-refractivity contribution in [2.45, 2.75) is 394 Å². The van der Waals surface area contributed by atoms with Gasteiger partial charge in [-0.25, -0.2) is 9.13 Å². The van der Waals surface area contributed by atoms with Crippen molar-refractivity contribution in [2.24, 2.45) is 17.8 Å². The number of ether oxygens (including phenoxy) is 4. The Labute approximate surface area is 568 Å². The summed E-state index contributed by atoms with van der Waals surface area (Å²) in [7, 11) is -9.91. The van der Waals surface area contributed by atoms with E-state index in [1.165, 1.54) is 186 Å². The van der Waals surface area contributed by atoms with Gasteiger partial charge in [-0.3, -0.25) is 37.3 Å². The topological polar surface area (TPSA) is 237 Å². The molecule has 0 heterocycles. The van der Waals surface area contributed by atoms with Crippen LogP contribution in [-0.4, -0.2) is 96.7 Å². The Balaban J connectivity index is 5.24. The van der Waals surface area contributed by atoms with Crippen molar-refractivity contribution < 1.29 is 80.2 Å². The third kappa shape index (κ3) is 67.0. The predicted octanol–water partition coefficient (Wildman–Crippen LogP) is 21.4. The molecule has 19 heteroatoms. The molecule has 0 aliphatic heterocycles. The lowest BCUT2D eigenvalue weighted by molar-refractivity contribution is -0.161. The SMILES string of the molecule is CCCCCCCCCCCC(=O)OC[C@H](COP(=O)(O)OC[C@H](O)COP(=O)(O)OC[C@@H](COC(=O)CCCCCCCCCCCCCC(C)C)OC(=O)CCCCCCCCCCCCCCCCCC(C)C)OC(=O)CCCCCCCCCCC(C)CC. The molecule has 0 saturated carbocycles. The van der Waals surface area contributed by atoms with Gasteiger partial charge < -0.3 is 33.8 Å². The van der Waals surface area contributed by atoms with Gasteiger partial charge in [-0.1, -0.05) is 325 Å². The highest BCUT2D eigenvalue weighted by molar-refractivity contribution is 7.47. The lowest BCUT2D eigenvalue weighted by Crippen LogP contribution is -2.30. The Bertz CT molecular complexity index is 1820. The van der Waals surface area contributed by atoms with E-state index in [4.69, 9.17) is 37.0 Å². The van der Waals surface area contributed by atoms with Gasteiger partial charge in [0.05, 0.1) is 26.4 Å². The van der Waals surface area contributed by atoms with E-state index in [0.717, 1.165) is 108 Å². The van der Waals surface area contributed by atoms with E-state index in [1.54, 1.807) is 0 Å². The maximum atomic E-state index is 13.1. The molecule has 0 bridgehead atoms. The molecule has 0 radical (unpaired) electrons. The molecule has 0 aliphatic carbocycles. The average molecular weight is 1370 g/mol. The molecular formula is C74H144O17P2. The van der Waals surface area contributed by atoms with Crippen molar-refractivity contribution in [2.75, 3.05) is 39.6 Å². The van der Waals surface area contributed by atoms with E-state index in [0.29, 0.717) is 25.7 Å². The fourth-order valence-electron chi connectivity index (χ4n) is 11.2. The van der Waals surface area contributed by atoms with Gasteiger partial charge in [0.2, 0.25) is 0 Å². The molecule has 0 aliphatic rings. The summed E-state index contributed by atoms with van der Waals surface area (Å²) in [6, 6.07) is 0. The van der Waals surface area contributed by atoms with Crippen molar-refractivity contribution in [3.05, 3.63) is 0 Å². The number of aliphatic hydroxyl groups excluding tert-OH is 1. The van der Waals surface area contributed by atoms with Crippen LogP contribution in [0.1, 0.15) is 376 Å². The Hall–Kier alpha value is -1.94. The monoisotopic (exact) mass is 1370 g/mol. The van der Waals surface area contributed by atoms with E-state index < -0.39 is 97.5 Å². The number of rotatable bonds is 72. The summed E-state index contributed by atoms with van der Waals surface area (Å²) in [5.41, 5.74) is 0. The van der Waals surface area contributed by atoms with Crippen LogP contribution in [0.5, 0.6) is 0 Å². The van der Waals surface area contributed by atoms with Crippen LogP contribution in [0.2, 0.25) is 0 Å². The Morgan fingerprint density at radius 1 is 0.312 bits per heavy atom. The zero-order valence-corrected chi connectivity index (χ0v) is 62.5. The number of unbranched alkanes of at least 4 members (excludes halogenated alkanes) is 39. The van der Waals surface area contributed by atoms with Gasteiger partial charge in [-0.2, -0.15) is 0 Å². The number of hydrogen-bond donors (Lipinski definition) is 3. The second-order valence-electron chi connectivity index (χ2n) is 27.9. The van der Waals surface area contributed by atoms with Gasteiger partial charge >= 0.3 is 39.5 Å². The first kappa shape index (κ1) is 91.1. The molecule has 17 nitrogen and oxygen atoms in total. The summed E-state index contributed by atoms with van der Waals surface area (Å²) >= 11 is 0. The molecule has 6 atom stereocenters. The van der Waals surface area contributed by atoms with E-state index in [2.05, 4.69) is 48.5 Å². The molecule has 0 fully saturated rings. The molecule has 3 unspecified atom stereocenters. The van der Waals surface area contributed by atoms with Crippen LogP contribution < -0.4 is 0 Å². The fraction of sp³-hybridized carbons (Fsp3) is 0.946. The minimum Gasteiger partial charge on any atom is -0.462 e. The molecule has 3 N–H and O–H groups in total. The van der Waals surface area contributed by atoms with E-state index >= 15 is 0 Å². The van der Waals surface area contributed by atoms with E-state index in [1.807, 2.05) is 0 Å². The van der Waals surface area contributed by atoms with Gasteiger partial charge in [0, 0.05) is 25.7 Å². The maximum absolute atomic E-state index is 13.1. The average Bonchev–Trinajstić information content (AvgIpc) is 2.31. The Morgan fingerprint density at radius 2 is 0.548 bits per heavy atom. The number of phosphoric ester groups is 2. The third-order valence-corrected chi connectivity index (χ3v) is 19.4. The number of carbonyl (C=O) groups excluding carboxylic acids is 4. The van der Waals surface area contributed by atoms with Gasteiger partial charge in [-0.05, 0) is 43.4 Å². The largest absolute Gasteiger partial charge is 0.472 e. The minimum atomic E-state index is -4.96. The number of hydrogen-bond acceptors (Lipinski definition) is 15. The molecule has 0 saturated heterocycles. The molecular weight excluding hydrogens is 1220 g/mol. The first-order valence-electron chi connectivity index (χ1n) is 38.4. The zero-order valence-electron chi connectivity index (χ0n) is 60.7. The highest BCUT2D eigenvalue weighted by Gasteiger charge is 2.30. The van der Waals surface area contributed by atoms with Crippen molar-refractivity contribution >= 4 is 39.5 Å². The number of carbonyl (C=O) groups is 4. The zero-order chi connectivity index (χ0) is 68.7. The molecule has 0 spiro atoms.